The maximum atomic E-state index is 13.3. The van der Waals surface area contributed by atoms with Crippen LogP contribution < -0.4 is 4.90 Å². The molecule has 168 valence electrons. The van der Waals surface area contributed by atoms with Crippen molar-refractivity contribution in [3.05, 3.63) is 78.5 Å². The van der Waals surface area contributed by atoms with Crippen molar-refractivity contribution in [2.24, 2.45) is 0 Å². The second-order valence-corrected chi connectivity index (χ2v) is 8.08. The number of hydrogen-bond acceptors (Lipinski definition) is 4. The average molecular weight is 448 g/mol. The number of hydrogen-bond donors (Lipinski definition) is 0. The number of nitrogens with zero attached hydrogens (tertiary/aromatic N) is 6. The van der Waals surface area contributed by atoms with Crippen molar-refractivity contribution in [2.45, 2.75) is 32.2 Å². The van der Waals surface area contributed by atoms with Crippen LogP contribution in [0.15, 0.2) is 67.3 Å². The third-order valence-corrected chi connectivity index (χ3v) is 5.84. The first-order valence-corrected chi connectivity index (χ1v) is 10.7. The Morgan fingerprint density at radius 2 is 1.88 bits per heavy atom. The molecule has 0 fully saturated rings. The van der Waals surface area contributed by atoms with E-state index in [1.807, 2.05) is 54.1 Å². The van der Waals surface area contributed by atoms with Gasteiger partial charge in [-0.05, 0) is 43.5 Å². The molecule has 33 heavy (non-hydrogen) atoms. The molecule has 2 aromatic carbocycles. The summed E-state index contributed by atoms with van der Waals surface area (Å²) < 4.78 is 30.0. The van der Waals surface area contributed by atoms with E-state index in [4.69, 9.17) is 0 Å². The minimum absolute atomic E-state index is 0.400. The highest BCUT2D eigenvalue weighted by molar-refractivity contribution is 5.97. The van der Waals surface area contributed by atoms with Crippen LogP contribution in [-0.2, 0) is 11.2 Å². The van der Waals surface area contributed by atoms with Crippen molar-refractivity contribution in [1.82, 2.24) is 24.5 Å². The molecule has 0 radical (unpaired) electrons. The van der Waals surface area contributed by atoms with Gasteiger partial charge in [0.15, 0.2) is 0 Å². The van der Waals surface area contributed by atoms with Crippen LogP contribution in [0.4, 0.5) is 14.5 Å². The lowest BCUT2D eigenvalue weighted by Gasteiger charge is -2.25. The Hall–Kier alpha value is -3.88. The zero-order chi connectivity index (χ0) is 22.9. The van der Waals surface area contributed by atoms with E-state index in [9.17, 15) is 13.6 Å². The number of alkyl halides is 2. The number of amides is 1. The molecular formula is C24H22F2N6O. The smallest absolute Gasteiger partial charge is 0.256 e. The van der Waals surface area contributed by atoms with Gasteiger partial charge in [-0.1, -0.05) is 35.5 Å². The molecule has 0 spiro atoms. The third kappa shape index (κ3) is 4.13. The molecule has 1 amide bonds. The summed E-state index contributed by atoms with van der Waals surface area (Å²) in [5.74, 6) is -0.400. The van der Waals surface area contributed by atoms with Crippen molar-refractivity contribution in [1.29, 1.82) is 0 Å². The van der Waals surface area contributed by atoms with Gasteiger partial charge < -0.3 is 9.47 Å². The van der Waals surface area contributed by atoms with E-state index < -0.39 is 24.9 Å². The molecule has 0 N–H and O–H groups in total. The summed E-state index contributed by atoms with van der Waals surface area (Å²) in [6, 6.07) is 14.2. The Kier molecular flexibility index (Phi) is 5.45. The van der Waals surface area contributed by atoms with E-state index in [1.54, 1.807) is 24.7 Å². The fourth-order valence-electron chi connectivity index (χ4n) is 4.20. The number of imidazole rings is 1. The van der Waals surface area contributed by atoms with E-state index in [0.29, 0.717) is 24.2 Å². The Morgan fingerprint density at radius 3 is 2.61 bits per heavy atom. The van der Waals surface area contributed by atoms with Gasteiger partial charge in [-0.25, -0.2) is 18.4 Å². The number of para-hydroxylation sites is 1. The second-order valence-electron chi connectivity index (χ2n) is 8.08. The number of aryl methyl sites for hydroxylation is 2. The predicted octanol–water partition coefficient (Wildman–Crippen LogP) is 4.22. The van der Waals surface area contributed by atoms with Crippen LogP contribution in [0.3, 0.4) is 0 Å². The van der Waals surface area contributed by atoms with E-state index in [1.165, 1.54) is 9.58 Å². The van der Waals surface area contributed by atoms with Crippen LogP contribution in [0, 0.1) is 6.92 Å². The summed E-state index contributed by atoms with van der Waals surface area (Å²) in [5.41, 5.74) is 4.76. The largest absolute Gasteiger partial charge is 0.306 e. The van der Waals surface area contributed by atoms with Crippen molar-refractivity contribution >= 4 is 11.6 Å². The Balaban J connectivity index is 1.41. The van der Waals surface area contributed by atoms with E-state index >= 15 is 0 Å². The first-order valence-electron chi connectivity index (χ1n) is 10.7. The zero-order valence-electron chi connectivity index (χ0n) is 18.0. The molecule has 4 aromatic rings. The molecule has 2 aromatic heterocycles. The first kappa shape index (κ1) is 21.0. The second kappa shape index (κ2) is 8.57. The molecule has 0 aliphatic carbocycles. The lowest BCUT2D eigenvalue weighted by molar-refractivity contribution is -0.122. The number of carbonyl (C=O) groups excluding carboxylic acids is 1. The van der Waals surface area contributed by atoms with E-state index in [0.717, 1.165) is 22.5 Å². The normalized spacial score (nSPS) is 16.2. The molecule has 0 bridgehead atoms. The fourth-order valence-corrected chi connectivity index (χ4v) is 4.20. The van der Waals surface area contributed by atoms with Crippen LogP contribution in [0.1, 0.15) is 23.7 Å². The highest BCUT2D eigenvalue weighted by Crippen LogP contribution is 2.32. The van der Waals surface area contributed by atoms with Crippen LogP contribution in [0.2, 0.25) is 0 Å². The van der Waals surface area contributed by atoms with Crippen LogP contribution in [0.5, 0.6) is 0 Å². The van der Waals surface area contributed by atoms with E-state index in [-0.39, 0.29) is 0 Å². The standard InChI is InChI=1S/C24H22F2N6O/c1-16-12-30(15-27-16)19-9-6-17(7-10-19)20-13-32(29-28-20)22-11-8-18-4-2-3-5-21(18)31(24(22)33)14-23(25)26/h2-7,9-10,12-13,15,22-23H,8,11,14H2,1H3. The maximum absolute atomic E-state index is 13.3. The number of aromatic nitrogens is 5. The predicted molar refractivity (Wildman–Crippen MR) is 119 cm³/mol. The maximum Gasteiger partial charge on any atom is 0.256 e. The van der Waals surface area contributed by atoms with Crippen molar-refractivity contribution in [3.8, 4) is 16.9 Å². The van der Waals surface area contributed by atoms with E-state index in [2.05, 4.69) is 15.3 Å². The topological polar surface area (TPSA) is 68.8 Å². The summed E-state index contributed by atoms with van der Waals surface area (Å²) in [7, 11) is 0. The van der Waals surface area contributed by atoms with Gasteiger partial charge in [0.2, 0.25) is 0 Å². The summed E-state index contributed by atoms with van der Waals surface area (Å²) in [6.07, 6.45) is 3.80. The van der Waals surface area contributed by atoms with Gasteiger partial charge >= 0.3 is 0 Å². The number of carbonyl (C=O) groups is 1. The molecule has 9 heteroatoms. The van der Waals surface area contributed by atoms with Gasteiger partial charge in [0.25, 0.3) is 12.3 Å². The number of rotatable bonds is 5. The number of benzene rings is 2. The molecule has 0 saturated carbocycles. The monoisotopic (exact) mass is 448 g/mol. The SMILES string of the molecule is Cc1cn(-c2ccc(-c3cn(C4CCc5ccccc5N(CC(F)F)C4=O)nn3)cc2)cn1. The molecule has 0 saturated heterocycles. The van der Waals surface area contributed by atoms with Crippen LogP contribution in [0.25, 0.3) is 16.9 Å². The fraction of sp³-hybridized carbons (Fsp3) is 0.250. The summed E-state index contributed by atoms with van der Waals surface area (Å²) in [4.78, 5) is 18.7. The van der Waals surface area contributed by atoms with Gasteiger partial charge in [-0.3, -0.25) is 4.79 Å². The van der Waals surface area contributed by atoms with Crippen LogP contribution >= 0.6 is 0 Å². The highest BCUT2D eigenvalue weighted by Gasteiger charge is 2.33. The summed E-state index contributed by atoms with van der Waals surface area (Å²) in [6.45, 7) is 1.28. The summed E-state index contributed by atoms with van der Waals surface area (Å²) >= 11 is 0. The lowest BCUT2D eigenvalue weighted by Crippen LogP contribution is -2.39. The number of fused-ring (bicyclic) bond motifs is 1. The quantitative estimate of drug-likeness (QED) is 0.458. The highest BCUT2D eigenvalue weighted by atomic mass is 19.3. The molecule has 1 atom stereocenters. The Morgan fingerprint density at radius 1 is 1.09 bits per heavy atom. The van der Waals surface area contributed by atoms with Crippen molar-refractivity contribution < 1.29 is 13.6 Å². The first-order chi connectivity index (χ1) is 16.0. The zero-order valence-corrected chi connectivity index (χ0v) is 18.0. The van der Waals surface area contributed by atoms with Gasteiger partial charge in [0.05, 0.1) is 24.8 Å². The van der Waals surface area contributed by atoms with Gasteiger partial charge in [0, 0.05) is 23.1 Å². The average Bonchev–Trinajstić information content (AvgIpc) is 3.45. The molecule has 1 unspecified atom stereocenters. The molecule has 1 aliphatic rings. The van der Waals surface area contributed by atoms with Crippen LogP contribution in [-0.4, -0.2) is 43.4 Å². The van der Waals surface area contributed by atoms with Gasteiger partial charge in [-0.2, -0.15) is 0 Å². The van der Waals surface area contributed by atoms with Gasteiger partial charge in [0.1, 0.15) is 11.7 Å². The molecule has 7 nitrogen and oxygen atoms in total. The lowest BCUT2D eigenvalue weighted by atomic mass is 10.1. The molecule has 5 rings (SSSR count). The number of halogens is 2. The summed E-state index contributed by atoms with van der Waals surface area (Å²) in [5, 5.41) is 8.43. The Bertz CT molecular complexity index is 1280. The molecule has 3 heterocycles. The Labute approximate surface area is 189 Å². The third-order valence-electron chi connectivity index (χ3n) is 5.84. The van der Waals surface area contributed by atoms with Crippen molar-refractivity contribution in [2.75, 3.05) is 11.4 Å². The minimum Gasteiger partial charge on any atom is -0.306 e. The van der Waals surface area contributed by atoms with Crippen molar-refractivity contribution in [3.63, 3.8) is 0 Å². The minimum atomic E-state index is -2.63. The molecule has 1 aliphatic heterocycles. The van der Waals surface area contributed by atoms with Gasteiger partial charge in [-0.15, -0.1) is 5.10 Å². The molecular weight excluding hydrogens is 426 g/mol. The number of anilines is 1.